The van der Waals surface area contributed by atoms with Crippen LogP contribution >= 0.6 is 0 Å². The maximum absolute atomic E-state index is 8.59. The van der Waals surface area contributed by atoms with Crippen molar-refractivity contribution in [2.45, 2.75) is 0 Å². The standard InChI is InChI=1S/C11H11N3O/c1-15-11-5-3-2-4-10(11)14-8-9(6-12)7-13/h2-5,9,14H,8H2,1H3. The van der Waals surface area contributed by atoms with Crippen molar-refractivity contribution in [2.24, 2.45) is 5.92 Å². The summed E-state index contributed by atoms with van der Waals surface area (Å²) in [6.07, 6.45) is 0. The van der Waals surface area contributed by atoms with Gasteiger partial charge in [-0.15, -0.1) is 0 Å². The molecule has 0 aromatic heterocycles. The van der Waals surface area contributed by atoms with Crippen LogP contribution in [0.5, 0.6) is 5.75 Å². The van der Waals surface area contributed by atoms with E-state index in [1.165, 1.54) is 0 Å². The molecule has 0 amide bonds. The second-order valence-corrected chi connectivity index (χ2v) is 2.89. The van der Waals surface area contributed by atoms with Gasteiger partial charge >= 0.3 is 0 Å². The van der Waals surface area contributed by atoms with Crippen LogP contribution in [0.3, 0.4) is 0 Å². The van der Waals surface area contributed by atoms with Crippen LogP contribution in [0.25, 0.3) is 0 Å². The van der Waals surface area contributed by atoms with Gasteiger partial charge in [0.2, 0.25) is 0 Å². The number of para-hydroxylation sites is 2. The van der Waals surface area contributed by atoms with E-state index >= 15 is 0 Å². The number of hydrogen-bond donors (Lipinski definition) is 1. The van der Waals surface area contributed by atoms with Crippen molar-refractivity contribution in [3.8, 4) is 17.9 Å². The van der Waals surface area contributed by atoms with Crippen molar-refractivity contribution in [2.75, 3.05) is 19.0 Å². The molecule has 76 valence electrons. The molecule has 0 saturated heterocycles. The van der Waals surface area contributed by atoms with Crippen LogP contribution in [0.4, 0.5) is 5.69 Å². The highest BCUT2D eigenvalue weighted by Crippen LogP contribution is 2.22. The van der Waals surface area contributed by atoms with Gasteiger partial charge in [0, 0.05) is 6.54 Å². The predicted octanol–water partition coefficient (Wildman–Crippen LogP) is 1.77. The summed E-state index contributed by atoms with van der Waals surface area (Å²) in [6, 6.07) is 11.2. The molecule has 4 nitrogen and oxygen atoms in total. The van der Waals surface area contributed by atoms with Gasteiger partial charge in [-0.1, -0.05) is 12.1 Å². The summed E-state index contributed by atoms with van der Waals surface area (Å²) in [4.78, 5) is 0. The Hall–Kier alpha value is -2.20. The molecule has 1 N–H and O–H groups in total. The van der Waals surface area contributed by atoms with Gasteiger partial charge in [-0.05, 0) is 12.1 Å². The minimum absolute atomic E-state index is 0.299. The lowest BCUT2D eigenvalue weighted by Gasteiger charge is -2.10. The minimum atomic E-state index is -0.644. The van der Waals surface area contributed by atoms with Crippen molar-refractivity contribution >= 4 is 5.69 Å². The number of rotatable bonds is 4. The van der Waals surface area contributed by atoms with Crippen molar-refractivity contribution < 1.29 is 4.74 Å². The largest absolute Gasteiger partial charge is 0.495 e. The average molecular weight is 201 g/mol. The molecule has 0 fully saturated rings. The number of nitrogens with zero attached hydrogens (tertiary/aromatic N) is 2. The minimum Gasteiger partial charge on any atom is -0.495 e. The van der Waals surface area contributed by atoms with Gasteiger partial charge in [0.1, 0.15) is 11.7 Å². The zero-order chi connectivity index (χ0) is 11.1. The molecule has 0 atom stereocenters. The first kappa shape index (κ1) is 10.9. The lowest BCUT2D eigenvalue weighted by molar-refractivity contribution is 0.416. The Bertz CT molecular complexity index is 389. The summed E-state index contributed by atoms with van der Waals surface area (Å²) in [6.45, 7) is 0.299. The van der Waals surface area contributed by atoms with Crippen LogP contribution in [0.15, 0.2) is 24.3 Å². The number of nitrogens with one attached hydrogen (secondary N) is 1. The highest BCUT2D eigenvalue weighted by molar-refractivity contribution is 5.56. The topological polar surface area (TPSA) is 68.8 Å². The van der Waals surface area contributed by atoms with Gasteiger partial charge in [0.15, 0.2) is 0 Å². The maximum Gasteiger partial charge on any atom is 0.150 e. The Balaban J connectivity index is 2.66. The molecular weight excluding hydrogens is 190 g/mol. The van der Waals surface area contributed by atoms with E-state index in [-0.39, 0.29) is 0 Å². The highest BCUT2D eigenvalue weighted by atomic mass is 16.5. The Morgan fingerprint density at radius 2 is 2.00 bits per heavy atom. The number of methoxy groups -OCH3 is 1. The molecule has 1 aromatic rings. The van der Waals surface area contributed by atoms with Gasteiger partial charge in [0.25, 0.3) is 0 Å². The first-order valence-corrected chi connectivity index (χ1v) is 4.48. The molecule has 4 heteroatoms. The number of hydrogen-bond acceptors (Lipinski definition) is 4. The maximum atomic E-state index is 8.59. The first-order valence-electron chi connectivity index (χ1n) is 4.48. The van der Waals surface area contributed by atoms with Crippen LogP contribution in [0, 0.1) is 28.6 Å². The summed E-state index contributed by atoms with van der Waals surface area (Å²) in [5.74, 6) is 0.0574. The third-order valence-electron chi connectivity index (χ3n) is 1.92. The second kappa shape index (κ2) is 5.51. The van der Waals surface area contributed by atoms with Crippen LogP contribution in [-0.4, -0.2) is 13.7 Å². The van der Waals surface area contributed by atoms with Crippen molar-refractivity contribution in [1.29, 1.82) is 10.5 Å². The summed E-state index contributed by atoms with van der Waals surface area (Å²) < 4.78 is 5.12. The van der Waals surface area contributed by atoms with Crippen LogP contribution in [0.1, 0.15) is 0 Å². The van der Waals surface area contributed by atoms with Gasteiger partial charge in [-0.2, -0.15) is 10.5 Å². The normalized spacial score (nSPS) is 9.07. The molecule has 0 aliphatic rings. The lowest BCUT2D eigenvalue weighted by atomic mass is 10.2. The molecule has 0 spiro atoms. The molecule has 0 radical (unpaired) electrons. The Kier molecular flexibility index (Phi) is 4.00. The molecule has 1 aromatic carbocycles. The fraction of sp³-hybridized carbons (Fsp3) is 0.273. The van der Waals surface area contributed by atoms with E-state index in [2.05, 4.69) is 5.32 Å². The molecule has 0 aliphatic heterocycles. The summed E-state index contributed by atoms with van der Waals surface area (Å²) in [5.41, 5.74) is 0.788. The Morgan fingerprint density at radius 1 is 1.33 bits per heavy atom. The monoisotopic (exact) mass is 201 g/mol. The molecule has 0 bridgehead atoms. The van der Waals surface area contributed by atoms with Gasteiger partial charge in [0.05, 0.1) is 24.9 Å². The van der Waals surface area contributed by atoms with Crippen LogP contribution in [0.2, 0.25) is 0 Å². The molecule has 0 saturated carbocycles. The van der Waals surface area contributed by atoms with E-state index < -0.39 is 5.92 Å². The van der Waals surface area contributed by atoms with Gasteiger partial charge in [-0.3, -0.25) is 0 Å². The molecule has 1 rings (SSSR count). The predicted molar refractivity (Wildman–Crippen MR) is 56.2 cm³/mol. The quantitative estimate of drug-likeness (QED) is 0.806. The number of benzene rings is 1. The van der Waals surface area contributed by atoms with Crippen LogP contribution in [-0.2, 0) is 0 Å². The highest BCUT2D eigenvalue weighted by Gasteiger charge is 2.06. The summed E-state index contributed by atoms with van der Waals surface area (Å²) >= 11 is 0. The number of nitriles is 2. The van der Waals surface area contributed by atoms with E-state index in [9.17, 15) is 0 Å². The van der Waals surface area contributed by atoms with Gasteiger partial charge in [-0.25, -0.2) is 0 Å². The molecule has 0 heterocycles. The summed E-state index contributed by atoms with van der Waals surface area (Å²) in [7, 11) is 1.58. The van der Waals surface area contributed by atoms with Crippen molar-refractivity contribution in [3.05, 3.63) is 24.3 Å². The third-order valence-corrected chi connectivity index (χ3v) is 1.92. The number of ether oxygens (including phenoxy) is 1. The zero-order valence-electron chi connectivity index (χ0n) is 8.40. The Labute approximate surface area is 88.7 Å². The average Bonchev–Trinajstić information content (AvgIpc) is 2.31. The zero-order valence-corrected chi connectivity index (χ0v) is 8.40. The Morgan fingerprint density at radius 3 is 2.60 bits per heavy atom. The number of anilines is 1. The molecule has 0 unspecified atom stereocenters. The fourth-order valence-electron chi connectivity index (χ4n) is 1.12. The van der Waals surface area contributed by atoms with E-state index in [1.807, 2.05) is 36.4 Å². The lowest BCUT2D eigenvalue weighted by Crippen LogP contribution is -2.11. The van der Waals surface area contributed by atoms with Crippen LogP contribution < -0.4 is 10.1 Å². The molecule has 0 aliphatic carbocycles. The van der Waals surface area contributed by atoms with E-state index in [1.54, 1.807) is 7.11 Å². The first-order chi connectivity index (χ1) is 7.31. The van der Waals surface area contributed by atoms with E-state index in [4.69, 9.17) is 15.3 Å². The van der Waals surface area contributed by atoms with Crippen molar-refractivity contribution in [1.82, 2.24) is 0 Å². The smallest absolute Gasteiger partial charge is 0.150 e. The summed E-state index contributed by atoms with van der Waals surface area (Å²) in [5, 5.41) is 20.2. The van der Waals surface area contributed by atoms with E-state index in [0.29, 0.717) is 12.3 Å². The van der Waals surface area contributed by atoms with E-state index in [0.717, 1.165) is 5.69 Å². The third kappa shape index (κ3) is 2.89. The van der Waals surface area contributed by atoms with Gasteiger partial charge < -0.3 is 10.1 Å². The SMILES string of the molecule is COc1ccccc1NCC(C#N)C#N. The second-order valence-electron chi connectivity index (χ2n) is 2.89. The fourth-order valence-corrected chi connectivity index (χ4v) is 1.12. The molecular formula is C11H11N3O. The molecule has 15 heavy (non-hydrogen) atoms. The van der Waals surface area contributed by atoms with Crippen molar-refractivity contribution in [3.63, 3.8) is 0 Å².